The summed E-state index contributed by atoms with van der Waals surface area (Å²) in [4.78, 5) is 0. The fourth-order valence-corrected chi connectivity index (χ4v) is 1.70. The van der Waals surface area contributed by atoms with Crippen LogP contribution < -0.4 is 0 Å². The van der Waals surface area contributed by atoms with Crippen molar-refractivity contribution in [1.82, 2.24) is 0 Å². The van der Waals surface area contributed by atoms with E-state index in [9.17, 15) is 0 Å². The van der Waals surface area contributed by atoms with Gasteiger partial charge in [-0.25, -0.2) is 0 Å². The monoisotopic (exact) mass is 146 g/mol. The molecule has 0 heterocycles. The molecule has 0 aromatic rings. The van der Waals surface area contributed by atoms with Crippen LogP contribution in [-0.4, -0.2) is 26.6 Å². The van der Waals surface area contributed by atoms with Crippen LogP contribution in [-0.2, 0) is 4.43 Å². The zero-order valence-corrected chi connectivity index (χ0v) is 7.05. The highest BCUT2D eigenvalue weighted by atomic mass is 28.4. The van der Waals surface area contributed by atoms with Crippen molar-refractivity contribution in [2.45, 2.75) is 19.1 Å². The van der Waals surface area contributed by atoms with Gasteiger partial charge in [-0.15, -0.1) is 0 Å². The predicted octanol–water partition coefficient (Wildman–Crippen LogP) is 0.911. The third-order valence-corrected chi connectivity index (χ3v) is 3.56. The van der Waals surface area contributed by atoms with Crippen LogP contribution in [0.4, 0.5) is 0 Å². The van der Waals surface area contributed by atoms with Gasteiger partial charge in [0, 0.05) is 13.2 Å². The zero-order valence-electron chi connectivity index (χ0n) is 6.05. The summed E-state index contributed by atoms with van der Waals surface area (Å²) in [5, 5.41) is 8.54. The van der Waals surface area contributed by atoms with E-state index in [1.165, 1.54) is 0 Å². The lowest BCUT2D eigenvalue weighted by molar-refractivity contribution is 0.294. The lowest BCUT2D eigenvalue weighted by atomic mass is 10.9. The molecule has 1 N–H and O–H groups in total. The Morgan fingerprint density at radius 2 is 2.11 bits per heavy atom. The third kappa shape index (κ3) is 4.63. The minimum absolute atomic E-state index is 0.208. The Hall–Kier alpha value is 0.137. The van der Waals surface area contributed by atoms with Crippen molar-refractivity contribution >= 4 is 8.32 Å². The molecule has 0 aliphatic carbocycles. The summed E-state index contributed by atoms with van der Waals surface area (Å²) < 4.78 is 5.23. The number of hydrogen-bond donors (Lipinski definition) is 1. The van der Waals surface area contributed by atoms with Crippen molar-refractivity contribution < 1.29 is 9.53 Å². The molecule has 0 bridgehead atoms. The van der Waals surface area contributed by atoms with Gasteiger partial charge >= 0.3 is 0 Å². The quantitative estimate of drug-likeness (QED) is 0.597. The van der Waals surface area contributed by atoms with E-state index in [4.69, 9.17) is 16.5 Å². The van der Waals surface area contributed by atoms with Gasteiger partial charge in [-0.1, -0.05) is 0 Å². The maximum Gasteiger partial charge on any atom is 0.188 e. The number of aliphatic hydroxyl groups is 1. The Labute approximate surface area is 58.0 Å². The minimum atomic E-state index is -1.58. The highest BCUT2D eigenvalue weighted by Gasteiger charge is 2.19. The molecule has 0 saturated carbocycles. The van der Waals surface area contributed by atoms with E-state index in [2.05, 4.69) is 0 Å². The summed E-state index contributed by atoms with van der Waals surface area (Å²) in [5.74, 6) is 0. The van der Waals surface area contributed by atoms with Crippen molar-refractivity contribution in [3.05, 3.63) is 6.92 Å². The maximum absolute atomic E-state index is 8.54. The Bertz CT molecular complexity index is 65.5. The van der Waals surface area contributed by atoms with Crippen LogP contribution in [0.5, 0.6) is 0 Å². The Balaban J connectivity index is 3.43. The van der Waals surface area contributed by atoms with Gasteiger partial charge in [0.25, 0.3) is 0 Å². The van der Waals surface area contributed by atoms with Gasteiger partial charge < -0.3 is 9.53 Å². The third-order valence-electron chi connectivity index (χ3n) is 1.19. The number of hydrogen-bond acceptors (Lipinski definition) is 2. The largest absolute Gasteiger partial charge is 0.417 e. The molecule has 2 radical (unpaired) electrons. The molecule has 0 atom stereocenters. The molecular weight excluding hydrogens is 132 g/mol. The first kappa shape index (κ1) is 9.14. The highest BCUT2D eigenvalue weighted by molar-refractivity contribution is 6.71. The smallest absolute Gasteiger partial charge is 0.188 e. The van der Waals surface area contributed by atoms with Gasteiger partial charge in [0.2, 0.25) is 0 Å². The molecule has 0 saturated heterocycles. The minimum Gasteiger partial charge on any atom is -0.417 e. The van der Waals surface area contributed by atoms with Crippen LogP contribution in [0, 0.1) is 6.92 Å². The maximum atomic E-state index is 8.54. The first-order valence-electron chi connectivity index (χ1n) is 3.07. The van der Waals surface area contributed by atoms with Crippen molar-refractivity contribution in [3.8, 4) is 0 Å². The summed E-state index contributed by atoms with van der Waals surface area (Å²) in [5.41, 5.74) is 0. The molecule has 3 heteroatoms. The van der Waals surface area contributed by atoms with Gasteiger partial charge in [0.05, 0.1) is 0 Å². The van der Waals surface area contributed by atoms with Crippen molar-refractivity contribution in [2.24, 2.45) is 0 Å². The van der Waals surface area contributed by atoms with E-state index in [0.717, 1.165) is 6.04 Å². The Kier molecular flexibility index (Phi) is 4.09. The Morgan fingerprint density at radius 1 is 1.56 bits per heavy atom. The zero-order chi connectivity index (χ0) is 7.33. The summed E-state index contributed by atoms with van der Waals surface area (Å²) in [6.07, 6.45) is 0. The molecule has 0 spiro atoms. The van der Waals surface area contributed by atoms with Crippen LogP contribution in [0.2, 0.25) is 19.1 Å². The fourth-order valence-electron chi connectivity index (χ4n) is 0.567. The van der Waals surface area contributed by atoms with Crippen molar-refractivity contribution in [2.75, 3.05) is 13.2 Å². The van der Waals surface area contributed by atoms with E-state index >= 15 is 0 Å². The molecule has 0 unspecified atom stereocenters. The second kappa shape index (κ2) is 4.03. The molecule has 9 heavy (non-hydrogen) atoms. The highest BCUT2D eigenvalue weighted by Crippen LogP contribution is 2.08. The lowest BCUT2D eigenvalue weighted by Gasteiger charge is -2.19. The molecule has 0 aromatic heterocycles. The summed E-state index contributed by atoms with van der Waals surface area (Å²) in [7, 11) is -1.58. The number of rotatable bonds is 4. The van der Waals surface area contributed by atoms with Crippen LogP contribution in [0.3, 0.4) is 0 Å². The second-order valence-electron chi connectivity index (χ2n) is 2.54. The van der Waals surface area contributed by atoms with Gasteiger partial charge in [-0.3, -0.25) is 0 Å². The van der Waals surface area contributed by atoms with E-state index < -0.39 is 8.32 Å². The lowest BCUT2D eigenvalue weighted by Crippen LogP contribution is -2.31. The van der Waals surface area contributed by atoms with E-state index in [1.54, 1.807) is 0 Å². The molecule has 0 rings (SSSR count). The molecule has 0 amide bonds. The summed E-state index contributed by atoms with van der Waals surface area (Å²) in [6.45, 7) is 9.74. The van der Waals surface area contributed by atoms with Crippen LogP contribution >= 0.6 is 0 Å². The van der Waals surface area contributed by atoms with E-state index in [0.29, 0.717) is 0 Å². The molecule has 54 valence electrons. The predicted molar refractivity (Wildman–Crippen MR) is 39.6 cm³/mol. The first-order chi connectivity index (χ1) is 4.12. The van der Waals surface area contributed by atoms with E-state index in [1.807, 2.05) is 13.1 Å². The van der Waals surface area contributed by atoms with Gasteiger partial charge in [-0.05, 0) is 26.1 Å². The van der Waals surface area contributed by atoms with Gasteiger partial charge in [-0.2, -0.15) is 0 Å². The molecule has 0 aromatic carbocycles. The normalized spacial score (nSPS) is 12.0. The topological polar surface area (TPSA) is 29.5 Å². The number of aliphatic hydroxyl groups excluding tert-OH is 1. The summed E-state index contributed by atoms with van der Waals surface area (Å²) in [6, 6.07) is 0.768. The second-order valence-corrected chi connectivity index (χ2v) is 6.85. The van der Waals surface area contributed by atoms with Crippen molar-refractivity contribution in [1.29, 1.82) is 0 Å². The van der Waals surface area contributed by atoms with E-state index in [-0.39, 0.29) is 13.2 Å². The average Bonchev–Trinajstić information content (AvgIpc) is 1.64. The van der Waals surface area contributed by atoms with Crippen LogP contribution in [0.25, 0.3) is 0 Å². The van der Waals surface area contributed by atoms with Gasteiger partial charge in [0.15, 0.2) is 8.32 Å². The molecule has 2 nitrogen and oxygen atoms in total. The SMILES string of the molecule is [CH]CO[Si](C)(C)CCO. The fraction of sp³-hybridized carbons (Fsp3) is 0.833. The molecular formula is C6H14O2Si. The molecule has 0 fully saturated rings. The average molecular weight is 146 g/mol. The first-order valence-corrected chi connectivity index (χ1v) is 6.19. The molecule has 0 aliphatic rings. The standard InChI is InChI=1S/C6H14O2Si/c1-4-8-9(2,3)6-5-7/h1,7H,4-6H2,2-3H3. The van der Waals surface area contributed by atoms with Gasteiger partial charge in [0.1, 0.15) is 0 Å². The molecule has 0 aliphatic heterocycles. The Morgan fingerprint density at radius 3 is 2.44 bits per heavy atom. The van der Waals surface area contributed by atoms with Crippen LogP contribution in [0.1, 0.15) is 0 Å². The van der Waals surface area contributed by atoms with Crippen LogP contribution in [0.15, 0.2) is 0 Å². The van der Waals surface area contributed by atoms with Crippen molar-refractivity contribution in [3.63, 3.8) is 0 Å². The summed E-state index contributed by atoms with van der Waals surface area (Å²) >= 11 is 0.